The molecule has 4 aromatic rings. The van der Waals surface area contributed by atoms with Gasteiger partial charge in [0, 0.05) is 29.8 Å². The number of halogens is 3. The maximum Gasteiger partial charge on any atom is 0.416 e. The van der Waals surface area contributed by atoms with Gasteiger partial charge in [-0.05, 0) is 84.5 Å². The number of rotatable bonds is 12. The van der Waals surface area contributed by atoms with Gasteiger partial charge >= 0.3 is 12.1 Å². The molecule has 0 amide bonds. The van der Waals surface area contributed by atoms with Crippen molar-refractivity contribution in [3.8, 4) is 11.5 Å². The highest BCUT2D eigenvalue weighted by Crippen LogP contribution is 2.40. The van der Waals surface area contributed by atoms with Gasteiger partial charge < -0.3 is 19.1 Å². The summed E-state index contributed by atoms with van der Waals surface area (Å²) in [5, 5.41) is 0. The van der Waals surface area contributed by atoms with Crippen molar-refractivity contribution in [3.05, 3.63) is 125 Å². The van der Waals surface area contributed by atoms with Crippen molar-refractivity contribution in [1.82, 2.24) is 0 Å². The second-order valence-electron chi connectivity index (χ2n) is 12.1. The number of alkyl halides is 3. The van der Waals surface area contributed by atoms with Gasteiger partial charge in [0.1, 0.15) is 18.1 Å². The Balaban J connectivity index is 1.20. The number of nitrogens with zero attached hydrogens (tertiary/aromatic N) is 1. The molecular weight excluding hydrogens is 607 g/mol. The smallest absolute Gasteiger partial charge is 0.416 e. The average Bonchev–Trinajstić information content (AvgIpc) is 3.06. The molecule has 0 aromatic heterocycles. The summed E-state index contributed by atoms with van der Waals surface area (Å²) in [5.41, 5.74) is 3.48. The van der Waals surface area contributed by atoms with E-state index in [1.165, 1.54) is 12.1 Å². The van der Waals surface area contributed by atoms with Gasteiger partial charge in [0.05, 0.1) is 18.7 Å². The molecule has 1 aliphatic heterocycles. The van der Waals surface area contributed by atoms with Crippen LogP contribution in [0, 0.1) is 0 Å². The van der Waals surface area contributed by atoms with E-state index < -0.39 is 23.8 Å². The molecule has 0 bridgehead atoms. The van der Waals surface area contributed by atoms with Gasteiger partial charge in [0.25, 0.3) is 0 Å². The molecule has 1 atom stereocenters. The summed E-state index contributed by atoms with van der Waals surface area (Å²) in [6, 6.07) is 26.7. The molecule has 9 heteroatoms. The highest BCUT2D eigenvalue weighted by molar-refractivity contribution is 6.09. The summed E-state index contributed by atoms with van der Waals surface area (Å²) in [4.78, 5) is 28.0. The van der Waals surface area contributed by atoms with Gasteiger partial charge in [0.15, 0.2) is 11.9 Å². The van der Waals surface area contributed by atoms with Crippen LogP contribution < -0.4 is 14.4 Å². The fourth-order valence-corrected chi connectivity index (χ4v) is 5.66. The first kappa shape index (κ1) is 33.6. The predicted octanol–water partition coefficient (Wildman–Crippen LogP) is 8.06. The molecule has 5 rings (SSSR count). The first-order valence-electron chi connectivity index (χ1n) is 15.7. The van der Waals surface area contributed by atoms with Crippen LogP contribution in [0.15, 0.2) is 97.1 Å². The minimum atomic E-state index is -4.47. The van der Waals surface area contributed by atoms with Crippen LogP contribution in [0.1, 0.15) is 59.8 Å². The Morgan fingerprint density at radius 3 is 2.21 bits per heavy atom. The predicted molar refractivity (Wildman–Crippen MR) is 174 cm³/mol. The normalized spacial score (nSPS) is 14.6. The second-order valence-corrected chi connectivity index (χ2v) is 12.1. The number of carbonyl (C=O) groups is 2. The number of hydrogen-bond acceptors (Lipinski definition) is 6. The van der Waals surface area contributed by atoms with Crippen molar-refractivity contribution in [3.63, 3.8) is 0 Å². The van der Waals surface area contributed by atoms with E-state index in [0.29, 0.717) is 30.0 Å². The minimum absolute atomic E-state index is 0.00725. The Morgan fingerprint density at radius 1 is 0.872 bits per heavy atom. The standard InChI is InChI=1S/C38H38F3NO5/c1-4-45-36(44)34(47-31-17-13-29(14-18-31)38(39,40)41)24-26-10-15-30(16-11-26)46-23-22-42-21-20-37(2,3)32-25-28(12-19-33(32)42)35(43)27-8-6-5-7-9-27/h5-19,25,34H,4,20-24H2,1-3H3. The number of hydrogen-bond donors (Lipinski definition) is 0. The van der Waals surface area contributed by atoms with Gasteiger partial charge in [-0.2, -0.15) is 13.2 Å². The van der Waals surface area contributed by atoms with Crippen molar-refractivity contribution in [2.45, 2.75) is 51.3 Å². The SMILES string of the molecule is CCOC(=O)C(Cc1ccc(OCCN2CCC(C)(C)c3cc(C(=O)c4ccccc4)ccc32)cc1)Oc1ccc(C(F)(F)F)cc1. The van der Waals surface area contributed by atoms with E-state index in [1.54, 1.807) is 6.92 Å². The van der Waals surface area contributed by atoms with Crippen molar-refractivity contribution >= 4 is 17.4 Å². The number of ether oxygens (including phenoxy) is 3. The Bertz CT molecular complexity index is 1670. The molecule has 0 N–H and O–H groups in total. The van der Waals surface area contributed by atoms with Crippen LogP contribution in [-0.2, 0) is 27.5 Å². The number of anilines is 1. The summed E-state index contributed by atoms with van der Waals surface area (Å²) < 4.78 is 55.8. The minimum Gasteiger partial charge on any atom is -0.492 e. The molecule has 246 valence electrons. The lowest BCUT2D eigenvalue weighted by Crippen LogP contribution is -2.39. The molecule has 0 aliphatic carbocycles. The Hall–Kier alpha value is -4.79. The molecule has 47 heavy (non-hydrogen) atoms. The lowest BCUT2D eigenvalue weighted by Gasteiger charge is -2.40. The molecule has 6 nitrogen and oxygen atoms in total. The second kappa shape index (κ2) is 14.3. The summed E-state index contributed by atoms with van der Waals surface area (Å²) in [5.74, 6) is 0.200. The molecule has 1 unspecified atom stereocenters. The maximum absolute atomic E-state index is 13.1. The van der Waals surface area contributed by atoms with Gasteiger partial charge in [-0.15, -0.1) is 0 Å². The van der Waals surface area contributed by atoms with Crippen molar-refractivity contribution in [1.29, 1.82) is 0 Å². The quantitative estimate of drug-likeness (QED) is 0.115. The monoisotopic (exact) mass is 645 g/mol. The zero-order valence-electron chi connectivity index (χ0n) is 26.7. The molecule has 0 spiro atoms. The van der Waals surface area contributed by atoms with Gasteiger partial charge in [-0.3, -0.25) is 4.79 Å². The van der Waals surface area contributed by atoms with Crippen LogP contribution in [0.5, 0.6) is 11.5 Å². The van der Waals surface area contributed by atoms with E-state index in [-0.39, 0.29) is 30.0 Å². The van der Waals surface area contributed by atoms with E-state index >= 15 is 0 Å². The zero-order chi connectivity index (χ0) is 33.6. The molecule has 4 aromatic carbocycles. The van der Waals surface area contributed by atoms with Crippen LogP contribution in [-0.4, -0.2) is 44.2 Å². The largest absolute Gasteiger partial charge is 0.492 e. The molecule has 0 fully saturated rings. The van der Waals surface area contributed by atoms with E-state index in [4.69, 9.17) is 14.2 Å². The molecule has 1 aliphatic rings. The lowest BCUT2D eigenvalue weighted by atomic mass is 9.76. The number of carbonyl (C=O) groups excluding carboxylic acids is 2. The van der Waals surface area contributed by atoms with E-state index in [9.17, 15) is 22.8 Å². The summed E-state index contributed by atoms with van der Waals surface area (Å²) >= 11 is 0. The first-order valence-corrected chi connectivity index (χ1v) is 15.7. The molecule has 1 heterocycles. The van der Waals surface area contributed by atoms with Crippen LogP contribution >= 0.6 is 0 Å². The fraction of sp³-hybridized carbons (Fsp3) is 0.316. The third-order valence-electron chi connectivity index (χ3n) is 8.36. The highest BCUT2D eigenvalue weighted by Gasteiger charge is 2.32. The van der Waals surface area contributed by atoms with Crippen molar-refractivity contribution in [2.24, 2.45) is 0 Å². The van der Waals surface area contributed by atoms with E-state index in [2.05, 4.69) is 18.7 Å². The molecular formula is C38H38F3NO5. The number of fused-ring (bicyclic) bond motifs is 1. The van der Waals surface area contributed by atoms with Crippen LogP contribution in [0.2, 0.25) is 0 Å². The average molecular weight is 646 g/mol. The van der Waals surface area contributed by atoms with Crippen LogP contribution in [0.25, 0.3) is 0 Å². The number of benzene rings is 4. The Kier molecular flexibility index (Phi) is 10.2. The zero-order valence-corrected chi connectivity index (χ0v) is 26.7. The summed E-state index contributed by atoms with van der Waals surface area (Å²) in [6.07, 6.45) is -4.40. The van der Waals surface area contributed by atoms with E-state index in [0.717, 1.165) is 41.9 Å². The summed E-state index contributed by atoms with van der Waals surface area (Å²) in [6.45, 7) is 8.19. The molecule has 0 saturated carbocycles. The third-order valence-corrected chi connectivity index (χ3v) is 8.36. The van der Waals surface area contributed by atoms with Crippen LogP contribution in [0.3, 0.4) is 0 Å². The third kappa shape index (κ3) is 8.33. The summed E-state index contributed by atoms with van der Waals surface area (Å²) in [7, 11) is 0. The van der Waals surface area contributed by atoms with Gasteiger partial charge in [-0.1, -0.05) is 56.3 Å². The lowest BCUT2D eigenvalue weighted by molar-refractivity contribution is -0.151. The molecule has 0 saturated heterocycles. The van der Waals surface area contributed by atoms with Crippen LogP contribution in [0.4, 0.5) is 18.9 Å². The van der Waals surface area contributed by atoms with Crippen molar-refractivity contribution < 1.29 is 37.0 Å². The number of esters is 1. The van der Waals surface area contributed by atoms with Crippen molar-refractivity contribution in [2.75, 3.05) is 31.2 Å². The topological polar surface area (TPSA) is 65.1 Å². The maximum atomic E-state index is 13.1. The Labute approximate surface area is 273 Å². The first-order chi connectivity index (χ1) is 22.4. The number of ketones is 1. The van der Waals surface area contributed by atoms with E-state index in [1.807, 2.05) is 72.8 Å². The Morgan fingerprint density at radius 2 is 1.55 bits per heavy atom. The van der Waals surface area contributed by atoms with Gasteiger partial charge in [0.2, 0.25) is 0 Å². The van der Waals surface area contributed by atoms with Gasteiger partial charge in [-0.25, -0.2) is 4.79 Å². The fourth-order valence-electron chi connectivity index (χ4n) is 5.66. The molecule has 0 radical (unpaired) electrons. The highest BCUT2D eigenvalue weighted by atomic mass is 19.4.